The van der Waals surface area contributed by atoms with Gasteiger partial charge in [-0.1, -0.05) is 24.3 Å². The Kier molecular flexibility index (Phi) is 6.34. The van der Waals surface area contributed by atoms with Crippen molar-refractivity contribution >= 4 is 5.91 Å². The number of alkyl halides is 3. The zero-order valence-corrected chi connectivity index (χ0v) is 15.9. The Morgan fingerprint density at radius 3 is 2.53 bits per heavy atom. The molecular formula is C22H19F4N3O. The van der Waals surface area contributed by atoms with Crippen LogP contribution >= 0.6 is 0 Å². The van der Waals surface area contributed by atoms with E-state index in [-0.39, 0.29) is 24.6 Å². The van der Waals surface area contributed by atoms with E-state index in [1.165, 1.54) is 35.2 Å². The first-order chi connectivity index (χ1) is 14.3. The van der Waals surface area contributed by atoms with Crippen LogP contribution in [0.5, 0.6) is 0 Å². The molecule has 30 heavy (non-hydrogen) atoms. The number of aromatic nitrogens is 2. The van der Waals surface area contributed by atoms with Gasteiger partial charge in [-0.2, -0.15) is 13.2 Å². The lowest BCUT2D eigenvalue weighted by Gasteiger charge is -2.21. The molecule has 0 spiro atoms. The summed E-state index contributed by atoms with van der Waals surface area (Å²) in [6, 6.07) is 10.3. The Hall–Kier alpha value is -3.42. The Bertz CT molecular complexity index is 1030. The van der Waals surface area contributed by atoms with Crippen molar-refractivity contribution in [3.05, 3.63) is 102 Å². The number of rotatable bonds is 7. The first kappa shape index (κ1) is 21.3. The zero-order valence-electron chi connectivity index (χ0n) is 15.9. The molecule has 1 amide bonds. The number of imidazole rings is 1. The Balaban J connectivity index is 1.77. The van der Waals surface area contributed by atoms with Gasteiger partial charge in [0.25, 0.3) is 5.91 Å². The summed E-state index contributed by atoms with van der Waals surface area (Å²) in [5.41, 5.74) is 0.154. The molecule has 3 rings (SSSR count). The fourth-order valence-corrected chi connectivity index (χ4v) is 2.98. The molecule has 0 saturated carbocycles. The molecule has 0 fully saturated rings. The number of carbonyl (C=O) groups excluding carboxylic acids is 1. The van der Waals surface area contributed by atoms with Gasteiger partial charge in [0.2, 0.25) is 0 Å². The third-order valence-corrected chi connectivity index (χ3v) is 4.48. The van der Waals surface area contributed by atoms with Gasteiger partial charge in [-0.05, 0) is 35.9 Å². The van der Waals surface area contributed by atoms with E-state index < -0.39 is 17.6 Å². The molecule has 3 aromatic rings. The first-order valence-electron chi connectivity index (χ1n) is 9.10. The van der Waals surface area contributed by atoms with Crippen molar-refractivity contribution < 1.29 is 22.4 Å². The molecule has 0 bridgehead atoms. The van der Waals surface area contributed by atoms with Crippen molar-refractivity contribution in [1.82, 2.24) is 14.5 Å². The molecule has 0 atom stereocenters. The minimum atomic E-state index is -4.39. The Morgan fingerprint density at radius 1 is 1.17 bits per heavy atom. The van der Waals surface area contributed by atoms with E-state index in [9.17, 15) is 22.4 Å². The van der Waals surface area contributed by atoms with Gasteiger partial charge in [-0.15, -0.1) is 6.58 Å². The normalized spacial score (nSPS) is 11.3. The molecule has 1 heterocycles. The van der Waals surface area contributed by atoms with Crippen molar-refractivity contribution in [3.63, 3.8) is 0 Å². The lowest BCUT2D eigenvalue weighted by Crippen LogP contribution is -2.32. The monoisotopic (exact) mass is 417 g/mol. The van der Waals surface area contributed by atoms with Crippen LogP contribution in [-0.4, -0.2) is 26.9 Å². The van der Waals surface area contributed by atoms with Crippen LogP contribution in [0.25, 0.3) is 0 Å². The average molecular weight is 417 g/mol. The second-order valence-electron chi connectivity index (χ2n) is 6.65. The number of nitrogens with zero attached hydrogens (tertiary/aromatic N) is 3. The van der Waals surface area contributed by atoms with E-state index in [1.807, 2.05) is 0 Å². The molecule has 0 aliphatic rings. The highest BCUT2D eigenvalue weighted by Gasteiger charge is 2.30. The highest BCUT2D eigenvalue weighted by Crippen LogP contribution is 2.29. The summed E-state index contributed by atoms with van der Waals surface area (Å²) < 4.78 is 53.4. The Morgan fingerprint density at radius 2 is 1.90 bits per heavy atom. The largest absolute Gasteiger partial charge is 0.416 e. The van der Waals surface area contributed by atoms with Crippen molar-refractivity contribution in [2.45, 2.75) is 19.3 Å². The van der Waals surface area contributed by atoms with Crippen LogP contribution in [-0.2, 0) is 19.3 Å². The number of hydrogen-bond donors (Lipinski definition) is 0. The first-order valence-corrected chi connectivity index (χ1v) is 9.10. The van der Waals surface area contributed by atoms with Crippen LogP contribution in [0, 0.1) is 5.82 Å². The smallest absolute Gasteiger partial charge is 0.329 e. The topological polar surface area (TPSA) is 38.1 Å². The number of amides is 1. The van der Waals surface area contributed by atoms with Crippen LogP contribution in [0.4, 0.5) is 17.6 Å². The summed E-state index contributed by atoms with van der Waals surface area (Å²) in [7, 11) is 0. The predicted octanol–water partition coefficient (Wildman–Crippen LogP) is 4.92. The molecular weight excluding hydrogens is 398 g/mol. The highest BCUT2D eigenvalue weighted by molar-refractivity contribution is 5.94. The van der Waals surface area contributed by atoms with Crippen LogP contribution in [0.3, 0.4) is 0 Å². The van der Waals surface area contributed by atoms with Crippen LogP contribution in [0.15, 0.2) is 73.6 Å². The highest BCUT2D eigenvalue weighted by atomic mass is 19.4. The molecule has 0 saturated heterocycles. The molecule has 8 heteroatoms. The van der Waals surface area contributed by atoms with E-state index in [4.69, 9.17) is 0 Å². The minimum Gasteiger partial charge on any atom is -0.329 e. The van der Waals surface area contributed by atoms with E-state index in [1.54, 1.807) is 23.0 Å². The maximum atomic E-state index is 13.5. The summed E-state index contributed by atoms with van der Waals surface area (Å²) in [6.07, 6.45) is 0.408. The van der Waals surface area contributed by atoms with Gasteiger partial charge in [0.15, 0.2) is 0 Å². The SMILES string of the molecule is C=CCN(Cc1nccn1Cc1ccc(C(F)(F)F)cc1)C(=O)c1cccc(F)c1. The van der Waals surface area contributed by atoms with Crippen molar-refractivity contribution in [2.75, 3.05) is 6.54 Å². The third kappa shape index (κ3) is 5.14. The van der Waals surface area contributed by atoms with Crippen molar-refractivity contribution in [2.24, 2.45) is 0 Å². The van der Waals surface area contributed by atoms with E-state index >= 15 is 0 Å². The fraction of sp³-hybridized carbons (Fsp3) is 0.182. The molecule has 2 aromatic carbocycles. The molecule has 1 aromatic heterocycles. The summed E-state index contributed by atoms with van der Waals surface area (Å²) in [4.78, 5) is 18.5. The van der Waals surface area contributed by atoms with Crippen LogP contribution in [0.2, 0.25) is 0 Å². The van der Waals surface area contributed by atoms with Gasteiger partial charge in [-0.25, -0.2) is 9.37 Å². The molecule has 0 radical (unpaired) electrons. The van der Waals surface area contributed by atoms with E-state index in [0.717, 1.165) is 18.2 Å². The quantitative estimate of drug-likeness (QED) is 0.404. The van der Waals surface area contributed by atoms with Gasteiger partial charge in [0, 0.05) is 31.0 Å². The summed E-state index contributed by atoms with van der Waals surface area (Å²) in [5.74, 6) is -0.344. The van der Waals surface area contributed by atoms with Crippen LogP contribution < -0.4 is 0 Å². The van der Waals surface area contributed by atoms with Gasteiger partial charge in [-0.3, -0.25) is 4.79 Å². The maximum Gasteiger partial charge on any atom is 0.416 e. The predicted molar refractivity (Wildman–Crippen MR) is 104 cm³/mol. The van der Waals surface area contributed by atoms with Gasteiger partial charge in [0.1, 0.15) is 11.6 Å². The second kappa shape index (κ2) is 8.94. The molecule has 156 valence electrons. The molecule has 0 aliphatic heterocycles. The van der Waals surface area contributed by atoms with Crippen molar-refractivity contribution in [3.8, 4) is 0 Å². The van der Waals surface area contributed by atoms with Gasteiger partial charge < -0.3 is 9.47 Å². The standard InChI is InChI=1S/C22H19F4N3O/c1-2-11-29(21(30)17-4-3-5-19(23)13-17)15-20-27-10-12-28(20)14-16-6-8-18(9-7-16)22(24,25)26/h2-10,12-13H,1,11,14-15H2. The summed E-state index contributed by atoms with van der Waals surface area (Å²) in [6.45, 7) is 4.31. The lowest BCUT2D eigenvalue weighted by atomic mass is 10.1. The zero-order chi connectivity index (χ0) is 21.7. The minimum absolute atomic E-state index is 0.134. The molecule has 4 nitrogen and oxygen atoms in total. The van der Waals surface area contributed by atoms with E-state index in [0.29, 0.717) is 17.9 Å². The summed E-state index contributed by atoms with van der Waals surface area (Å²) >= 11 is 0. The van der Waals surface area contributed by atoms with Crippen LogP contribution in [0.1, 0.15) is 27.3 Å². The number of halogens is 4. The van der Waals surface area contributed by atoms with Crippen molar-refractivity contribution in [1.29, 1.82) is 0 Å². The third-order valence-electron chi connectivity index (χ3n) is 4.48. The maximum absolute atomic E-state index is 13.5. The average Bonchev–Trinajstić information content (AvgIpc) is 3.13. The molecule has 0 aliphatic carbocycles. The number of benzene rings is 2. The lowest BCUT2D eigenvalue weighted by molar-refractivity contribution is -0.137. The number of carbonyl (C=O) groups is 1. The van der Waals surface area contributed by atoms with E-state index in [2.05, 4.69) is 11.6 Å². The van der Waals surface area contributed by atoms with Gasteiger partial charge >= 0.3 is 6.18 Å². The molecule has 0 unspecified atom stereocenters. The second-order valence-corrected chi connectivity index (χ2v) is 6.65. The fourth-order valence-electron chi connectivity index (χ4n) is 2.98. The molecule has 0 N–H and O–H groups in total. The van der Waals surface area contributed by atoms with Gasteiger partial charge in [0.05, 0.1) is 12.1 Å². The Labute approximate surface area is 171 Å². The summed E-state index contributed by atoms with van der Waals surface area (Å²) in [5, 5.41) is 0. The number of hydrogen-bond acceptors (Lipinski definition) is 2.